The van der Waals surface area contributed by atoms with Crippen LogP contribution in [0.5, 0.6) is 0 Å². The third-order valence-electron chi connectivity index (χ3n) is 3.62. The Morgan fingerprint density at radius 2 is 2.16 bits per heavy atom. The maximum absolute atomic E-state index is 11.8. The van der Waals surface area contributed by atoms with Crippen molar-refractivity contribution in [3.8, 4) is 0 Å². The molecule has 0 saturated carbocycles. The first-order valence-electron chi connectivity index (χ1n) is 6.55. The van der Waals surface area contributed by atoms with E-state index in [0.717, 1.165) is 28.7 Å². The highest BCUT2D eigenvalue weighted by Crippen LogP contribution is 2.32. The molecule has 0 bridgehead atoms. The Labute approximate surface area is 112 Å². The van der Waals surface area contributed by atoms with Gasteiger partial charge in [0.1, 0.15) is 11.3 Å². The van der Waals surface area contributed by atoms with Gasteiger partial charge in [0.2, 0.25) is 0 Å². The molecule has 4 nitrogen and oxygen atoms in total. The van der Waals surface area contributed by atoms with Crippen LogP contribution in [0.15, 0.2) is 28.7 Å². The Bertz CT molecular complexity index is 703. The van der Waals surface area contributed by atoms with E-state index in [1.807, 2.05) is 24.3 Å². The van der Waals surface area contributed by atoms with E-state index in [9.17, 15) is 8.42 Å². The quantitative estimate of drug-likeness (QED) is 0.914. The van der Waals surface area contributed by atoms with Gasteiger partial charge >= 0.3 is 0 Å². The summed E-state index contributed by atoms with van der Waals surface area (Å²) in [5, 5.41) is 4.34. The fraction of sp³-hybridized carbons (Fsp3) is 0.429. The van der Waals surface area contributed by atoms with Crippen molar-refractivity contribution in [3.05, 3.63) is 35.6 Å². The van der Waals surface area contributed by atoms with Crippen LogP contribution in [0, 0.1) is 0 Å². The molecule has 1 aliphatic heterocycles. The molecule has 102 valence electrons. The monoisotopic (exact) mass is 279 g/mol. The Morgan fingerprint density at radius 1 is 1.37 bits per heavy atom. The molecule has 0 spiro atoms. The fourth-order valence-corrected chi connectivity index (χ4v) is 4.09. The number of nitrogens with one attached hydrogen (secondary N) is 1. The summed E-state index contributed by atoms with van der Waals surface area (Å²) in [6, 6.07) is 7.64. The first-order valence-corrected chi connectivity index (χ1v) is 8.37. The molecule has 0 amide bonds. The second kappa shape index (κ2) is 4.65. The van der Waals surface area contributed by atoms with E-state index in [4.69, 9.17) is 4.42 Å². The number of benzene rings is 1. The number of hydrogen-bond donors (Lipinski definition) is 1. The lowest BCUT2D eigenvalue weighted by Crippen LogP contribution is -2.39. The second-order valence-electron chi connectivity index (χ2n) is 4.92. The first-order chi connectivity index (χ1) is 9.11. The molecule has 1 aliphatic rings. The minimum atomic E-state index is -2.96. The van der Waals surface area contributed by atoms with Crippen LogP contribution in [0.4, 0.5) is 0 Å². The minimum absolute atomic E-state index is 0.125. The molecule has 0 radical (unpaired) electrons. The molecule has 19 heavy (non-hydrogen) atoms. The number of rotatable bonds is 2. The van der Waals surface area contributed by atoms with Gasteiger partial charge in [-0.25, -0.2) is 8.42 Å². The van der Waals surface area contributed by atoms with Gasteiger partial charge in [0.15, 0.2) is 9.84 Å². The molecule has 1 aromatic heterocycles. The molecular weight excluding hydrogens is 262 g/mol. The van der Waals surface area contributed by atoms with E-state index in [1.54, 1.807) is 0 Å². The van der Waals surface area contributed by atoms with Gasteiger partial charge in [0.05, 0.1) is 17.5 Å². The Balaban J connectivity index is 2.09. The normalized spacial score (nSPS) is 22.7. The molecule has 1 fully saturated rings. The summed E-state index contributed by atoms with van der Waals surface area (Å²) in [5.74, 6) is 1.12. The first kappa shape index (κ1) is 12.7. The lowest BCUT2D eigenvalue weighted by Gasteiger charge is -2.22. The van der Waals surface area contributed by atoms with Crippen LogP contribution in [-0.4, -0.2) is 26.5 Å². The van der Waals surface area contributed by atoms with Crippen molar-refractivity contribution in [2.75, 3.05) is 18.1 Å². The molecule has 1 N–H and O–H groups in total. The van der Waals surface area contributed by atoms with Gasteiger partial charge in [-0.05, 0) is 12.5 Å². The number of sulfone groups is 1. The molecular formula is C14H17NO3S. The van der Waals surface area contributed by atoms with E-state index in [2.05, 4.69) is 12.2 Å². The van der Waals surface area contributed by atoms with Crippen molar-refractivity contribution < 1.29 is 12.8 Å². The van der Waals surface area contributed by atoms with Crippen molar-refractivity contribution in [3.63, 3.8) is 0 Å². The summed E-state index contributed by atoms with van der Waals surface area (Å²) in [5.41, 5.74) is 1.95. The summed E-state index contributed by atoms with van der Waals surface area (Å²) in [6.07, 6.45) is 0.838. The van der Waals surface area contributed by atoms with Crippen LogP contribution in [0.2, 0.25) is 0 Å². The summed E-state index contributed by atoms with van der Waals surface area (Å²) < 4.78 is 29.4. The molecule has 1 unspecified atom stereocenters. The average Bonchev–Trinajstić information content (AvgIpc) is 2.76. The number of hydrogen-bond acceptors (Lipinski definition) is 4. The molecule has 1 atom stereocenters. The highest BCUT2D eigenvalue weighted by molar-refractivity contribution is 7.91. The van der Waals surface area contributed by atoms with E-state index in [1.165, 1.54) is 0 Å². The SMILES string of the molecule is CCc1c(C2CS(=O)(=O)CCN2)oc2ccccc12. The van der Waals surface area contributed by atoms with Crippen LogP contribution >= 0.6 is 0 Å². The standard InChI is InChI=1S/C14H17NO3S/c1-2-10-11-5-3-4-6-13(11)18-14(10)12-9-19(16,17)8-7-15-12/h3-6,12,15H,2,7-9H2,1H3. The summed E-state index contributed by atoms with van der Waals surface area (Å²) in [6.45, 7) is 2.56. The fourth-order valence-electron chi connectivity index (χ4n) is 2.72. The van der Waals surface area contributed by atoms with Crippen LogP contribution in [0.25, 0.3) is 11.0 Å². The minimum Gasteiger partial charge on any atom is -0.459 e. The Hall–Kier alpha value is -1.33. The maximum Gasteiger partial charge on any atom is 0.153 e. The zero-order valence-electron chi connectivity index (χ0n) is 10.8. The van der Waals surface area contributed by atoms with E-state index >= 15 is 0 Å². The van der Waals surface area contributed by atoms with Crippen molar-refractivity contribution in [1.82, 2.24) is 5.32 Å². The van der Waals surface area contributed by atoms with E-state index in [0.29, 0.717) is 6.54 Å². The van der Waals surface area contributed by atoms with Gasteiger partial charge in [0.25, 0.3) is 0 Å². The van der Waals surface area contributed by atoms with Gasteiger partial charge in [-0.15, -0.1) is 0 Å². The lowest BCUT2D eigenvalue weighted by atomic mass is 10.0. The van der Waals surface area contributed by atoms with Crippen molar-refractivity contribution in [2.45, 2.75) is 19.4 Å². The number of aryl methyl sites for hydroxylation is 1. The van der Waals surface area contributed by atoms with Gasteiger partial charge < -0.3 is 9.73 Å². The predicted molar refractivity (Wildman–Crippen MR) is 75.0 cm³/mol. The maximum atomic E-state index is 11.8. The largest absolute Gasteiger partial charge is 0.459 e. The highest BCUT2D eigenvalue weighted by Gasteiger charge is 2.30. The summed E-state index contributed by atoms with van der Waals surface area (Å²) >= 11 is 0. The number of furan rings is 1. The zero-order chi connectivity index (χ0) is 13.5. The molecule has 2 heterocycles. The van der Waals surface area contributed by atoms with Crippen LogP contribution < -0.4 is 5.32 Å². The van der Waals surface area contributed by atoms with E-state index < -0.39 is 9.84 Å². The van der Waals surface area contributed by atoms with Gasteiger partial charge in [-0.2, -0.15) is 0 Å². The summed E-state index contributed by atoms with van der Waals surface area (Å²) in [7, 11) is -2.96. The zero-order valence-corrected chi connectivity index (χ0v) is 11.7. The van der Waals surface area contributed by atoms with Crippen LogP contribution in [0.3, 0.4) is 0 Å². The van der Waals surface area contributed by atoms with Crippen molar-refractivity contribution >= 4 is 20.8 Å². The molecule has 3 rings (SSSR count). The average molecular weight is 279 g/mol. The highest BCUT2D eigenvalue weighted by atomic mass is 32.2. The lowest BCUT2D eigenvalue weighted by molar-refractivity contribution is 0.440. The third-order valence-corrected chi connectivity index (χ3v) is 5.29. The predicted octanol–water partition coefficient (Wildman–Crippen LogP) is 2.05. The van der Waals surface area contributed by atoms with Gasteiger partial charge in [0, 0.05) is 17.5 Å². The number of fused-ring (bicyclic) bond motifs is 1. The van der Waals surface area contributed by atoms with Gasteiger partial charge in [-0.3, -0.25) is 0 Å². The van der Waals surface area contributed by atoms with Crippen LogP contribution in [0.1, 0.15) is 24.3 Å². The topological polar surface area (TPSA) is 59.3 Å². The molecule has 0 aliphatic carbocycles. The Morgan fingerprint density at radius 3 is 2.89 bits per heavy atom. The molecule has 1 aromatic carbocycles. The van der Waals surface area contributed by atoms with Crippen molar-refractivity contribution in [2.24, 2.45) is 0 Å². The number of para-hydroxylation sites is 1. The second-order valence-corrected chi connectivity index (χ2v) is 7.14. The smallest absolute Gasteiger partial charge is 0.153 e. The Kier molecular flexibility index (Phi) is 3.11. The van der Waals surface area contributed by atoms with Crippen LogP contribution in [-0.2, 0) is 16.3 Å². The molecule has 2 aromatic rings. The third kappa shape index (κ3) is 2.28. The van der Waals surface area contributed by atoms with Crippen molar-refractivity contribution in [1.29, 1.82) is 0 Å². The van der Waals surface area contributed by atoms with E-state index in [-0.39, 0.29) is 17.5 Å². The molecule has 5 heteroatoms. The summed E-state index contributed by atoms with van der Waals surface area (Å²) in [4.78, 5) is 0. The molecule has 1 saturated heterocycles. The van der Waals surface area contributed by atoms with Gasteiger partial charge in [-0.1, -0.05) is 25.1 Å².